The Morgan fingerprint density at radius 1 is 1.50 bits per heavy atom. The molecule has 0 bridgehead atoms. The van der Waals surface area contributed by atoms with Crippen LogP contribution in [0.1, 0.15) is 31.2 Å². The van der Waals surface area contributed by atoms with Crippen LogP contribution in [0.5, 0.6) is 5.75 Å². The maximum Gasteiger partial charge on any atom is 0.309 e. The van der Waals surface area contributed by atoms with Gasteiger partial charge >= 0.3 is 5.97 Å². The molecule has 6 heteroatoms. The summed E-state index contributed by atoms with van der Waals surface area (Å²) in [5, 5.41) is 12.5. The molecule has 1 aromatic heterocycles. The first-order chi connectivity index (χ1) is 11.6. The Labute approximate surface area is 143 Å². The standard InChI is InChI=1S/C18H18FNO3S/c1-2-23-18(22)12-5-3-11(4-6-12)17-20-15(10-24-17)14-9-13(19)7-8-16(14)21/h3,7-10,12,21H,2,4-6H2,1H3. The number of phenolic OH excluding ortho intramolecular Hbond substituents is 1. The number of aromatic hydroxyl groups is 1. The molecular formula is C18H18FNO3S. The predicted molar refractivity (Wildman–Crippen MR) is 91.1 cm³/mol. The van der Waals surface area contributed by atoms with Gasteiger partial charge in [-0.2, -0.15) is 0 Å². The summed E-state index contributed by atoms with van der Waals surface area (Å²) in [6.45, 7) is 2.21. The second-order valence-electron chi connectivity index (χ2n) is 5.65. The van der Waals surface area contributed by atoms with E-state index in [0.29, 0.717) is 24.3 Å². The zero-order valence-electron chi connectivity index (χ0n) is 13.3. The van der Waals surface area contributed by atoms with Crippen LogP contribution in [-0.4, -0.2) is 22.7 Å². The van der Waals surface area contributed by atoms with Gasteiger partial charge in [0, 0.05) is 10.9 Å². The molecule has 3 rings (SSSR count). The van der Waals surface area contributed by atoms with E-state index in [-0.39, 0.29) is 17.6 Å². The Morgan fingerprint density at radius 2 is 2.33 bits per heavy atom. The number of ether oxygens (including phenoxy) is 1. The number of halogens is 1. The highest BCUT2D eigenvalue weighted by atomic mass is 32.1. The smallest absolute Gasteiger partial charge is 0.309 e. The number of thiazole rings is 1. The van der Waals surface area contributed by atoms with Gasteiger partial charge in [0.25, 0.3) is 0 Å². The number of aromatic nitrogens is 1. The van der Waals surface area contributed by atoms with Gasteiger partial charge in [0.05, 0.1) is 18.2 Å². The maximum absolute atomic E-state index is 13.4. The van der Waals surface area contributed by atoms with Gasteiger partial charge in [-0.15, -0.1) is 11.3 Å². The molecular weight excluding hydrogens is 329 g/mol. The van der Waals surface area contributed by atoms with Crippen LogP contribution in [0.3, 0.4) is 0 Å². The van der Waals surface area contributed by atoms with Crippen molar-refractivity contribution in [2.75, 3.05) is 6.61 Å². The second-order valence-corrected chi connectivity index (χ2v) is 6.51. The highest BCUT2D eigenvalue weighted by Crippen LogP contribution is 2.36. The van der Waals surface area contributed by atoms with Crippen molar-refractivity contribution in [2.24, 2.45) is 5.92 Å². The van der Waals surface area contributed by atoms with Crippen LogP contribution >= 0.6 is 11.3 Å². The van der Waals surface area contributed by atoms with Gasteiger partial charge < -0.3 is 9.84 Å². The molecule has 1 heterocycles. The van der Waals surface area contributed by atoms with E-state index in [9.17, 15) is 14.3 Å². The van der Waals surface area contributed by atoms with Crippen molar-refractivity contribution < 1.29 is 19.0 Å². The quantitative estimate of drug-likeness (QED) is 0.833. The Hall–Kier alpha value is -2.21. The summed E-state index contributed by atoms with van der Waals surface area (Å²) in [4.78, 5) is 16.3. The minimum atomic E-state index is -0.411. The number of benzene rings is 1. The van der Waals surface area contributed by atoms with Gasteiger partial charge in [-0.3, -0.25) is 4.79 Å². The minimum absolute atomic E-state index is 0.00764. The summed E-state index contributed by atoms with van der Waals surface area (Å²) in [6, 6.07) is 3.82. The van der Waals surface area contributed by atoms with Gasteiger partial charge in [0.15, 0.2) is 0 Å². The summed E-state index contributed by atoms with van der Waals surface area (Å²) in [6.07, 6.45) is 4.17. The lowest BCUT2D eigenvalue weighted by atomic mass is 9.90. The summed E-state index contributed by atoms with van der Waals surface area (Å²) in [5.41, 5.74) is 2.03. The maximum atomic E-state index is 13.4. The molecule has 0 radical (unpaired) electrons. The molecule has 126 valence electrons. The normalized spacial score (nSPS) is 17.4. The van der Waals surface area contributed by atoms with Crippen molar-refractivity contribution >= 4 is 22.9 Å². The number of carbonyl (C=O) groups excluding carboxylic acids is 1. The number of phenols is 1. The molecule has 0 spiro atoms. The molecule has 1 atom stereocenters. The van der Waals surface area contributed by atoms with E-state index >= 15 is 0 Å². The number of hydrogen-bond acceptors (Lipinski definition) is 5. The summed E-state index contributed by atoms with van der Waals surface area (Å²) >= 11 is 1.46. The van der Waals surface area contributed by atoms with Crippen LogP contribution in [0.4, 0.5) is 4.39 Å². The van der Waals surface area contributed by atoms with E-state index in [1.165, 1.54) is 29.5 Å². The molecule has 1 N–H and O–H groups in total. The summed E-state index contributed by atoms with van der Waals surface area (Å²) < 4.78 is 18.4. The molecule has 0 fully saturated rings. The highest BCUT2D eigenvalue weighted by molar-refractivity contribution is 7.11. The van der Waals surface area contributed by atoms with E-state index in [4.69, 9.17) is 4.74 Å². The van der Waals surface area contributed by atoms with Gasteiger partial charge in [0.2, 0.25) is 0 Å². The van der Waals surface area contributed by atoms with E-state index in [0.717, 1.165) is 23.4 Å². The molecule has 1 unspecified atom stereocenters. The molecule has 4 nitrogen and oxygen atoms in total. The fourth-order valence-electron chi connectivity index (χ4n) is 2.76. The van der Waals surface area contributed by atoms with Crippen LogP contribution in [0.2, 0.25) is 0 Å². The van der Waals surface area contributed by atoms with Crippen LogP contribution in [-0.2, 0) is 9.53 Å². The van der Waals surface area contributed by atoms with E-state index in [1.807, 2.05) is 11.5 Å². The average molecular weight is 347 g/mol. The molecule has 0 saturated carbocycles. The monoisotopic (exact) mass is 347 g/mol. The fraction of sp³-hybridized carbons (Fsp3) is 0.333. The number of esters is 1. The molecule has 0 amide bonds. The van der Waals surface area contributed by atoms with Crippen molar-refractivity contribution in [3.05, 3.63) is 40.5 Å². The van der Waals surface area contributed by atoms with Crippen molar-refractivity contribution in [2.45, 2.75) is 26.2 Å². The third-order valence-corrected chi connectivity index (χ3v) is 4.96. The Bertz CT molecular complexity index is 784. The van der Waals surface area contributed by atoms with Crippen molar-refractivity contribution in [3.63, 3.8) is 0 Å². The Balaban J connectivity index is 1.77. The van der Waals surface area contributed by atoms with E-state index in [1.54, 1.807) is 6.92 Å². The number of hydrogen-bond donors (Lipinski definition) is 1. The number of rotatable bonds is 4. The van der Waals surface area contributed by atoms with Crippen LogP contribution in [0.25, 0.3) is 16.8 Å². The fourth-order valence-corrected chi connectivity index (χ4v) is 3.65. The zero-order chi connectivity index (χ0) is 17.1. The molecule has 0 aliphatic heterocycles. The van der Waals surface area contributed by atoms with E-state index in [2.05, 4.69) is 4.98 Å². The van der Waals surface area contributed by atoms with Crippen molar-refractivity contribution in [1.29, 1.82) is 0 Å². The Morgan fingerprint density at radius 3 is 3.04 bits per heavy atom. The second kappa shape index (κ2) is 7.13. The number of allylic oxidation sites excluding steroid dienone is 2. The lowest BCUT2D eigenvalue weighted by Crippen LogP contribution is -2.19. The lowest BCUT2D eigenvalue weighted by molar-refractivity contribution is -0.148. The topological polar surface area (TPSA) is 59.4 Å². The van der Waals surface area contributed by atoms with Crippen LogP contribution < -0.4 is 0 Å². The van der Waals surface area contributed by atoms with Gasteiger partial charge in [0.1, 0.15) is 16.6 Å². The van der Waals surface area contributed by atoms with Crippen molar-refractivity contribution in [3.8, 4) is 17.0 Å². The van der Waals surface area contributed by atoms with Crippen LogP contribution in [0, 0.1) is 11.7 Å². The SMILES string of the molecule is CCOC(=O)C1CC=C(c2nc(-c3cc(F)ccc3O)cs2)CC1. The van der Waals surface area contributed by atoms with Gasteiger partial charge in [-0.05, 0) is 50.0 Å². The number of nitrogens with zero attached hydrogens (tertiary/aromatic N) is 1. The first-order valence-electron chi connectivity index (χ1n) is 7.89. The van der Waals surface area contributed by atoms with Crippen molar-refractivity contribution in [1.82, 2.24) is 4.98 Å². The minimum Gasteiger partial charge on any atom is -0.507 e. The molecule has 24 heavy (non-hydrogen) atoms. The van der Waals surface area contributed by atoms with Gasteiger partial charge in [-0.1, -0.05) is 6.08 Å². The largest absolute Gasteiger partial charge is 0.507 e. The summed E-state index contributed by atoms with van der Waals surface area (Å²) in [5.74, 6) is -0.627. The zero-order valence-corrected chi connectivity index (χ0v) is 14.1. The number of carbonyl (C=O) groups is 1. The predicted octanol–water partition coefficient (Wildman–Crippen LogP) is 4.40. The molecule has 1 aliphatic carbocycles. The molecule has 1 aliphatic rings. The summed E-state index contributed by atoms with van der Waals surface area (Å²) in [7, 11) is 0. The molecule has 1 aromatic carbocycles. The van der Waals surface area contributed by atoms with Crippen LogP contribution in [0.15, 0.2) is 29.7 Å². The van der Waals surface area contributed by atoms with Gasteiger partial charge in [-0.25, -0.2) is 9.37 Å². The average Bonchev–Trinajstić information content (AvgIpc) is 3.07. The highest BCUT2D eigenvalue weighted by Gasteiger charge is 2.24. The lowest BCUT2D eigenvalue weighted by Gasteiger charge is -2.19. The third kappa shape index (κ3) is 3.48. The third-order valence-electron chi connectivity index (χ3n) is 4.04. The van der Waals surface area contributed by atoms with E-state index < -0.39 is 5.82 Å². The first kappa shape index (κ1) is 16.6. The molecule has 0 saturated heterocycles. The first-order valence-corrected chi connectivity index (χ1v) is 8.77. The Kier molecular flexibility index (Phi) is 4.94. The molecule has 2 aromatic rings.